The lowest BCUT2D eigenvalue weighted by molar-refractivity contribution is -0.133. The number of hydrogen-bond donors (Lipinski definition) is 2. The van der Waals surface area contributed by atoms with Crippen molar-refractivity contribution in [2.75, 3.05) is 5.32 Å². The third-order valence-corrected chi connectivity index (χ3v) is 5.46. The summed E-state index contributed by atoms with van der Waals surface area (Å²) >= 11 is 10.3. The van der Waals surface area contributed by atoms with Crippen molar-refractivity contribution in [3.05, 3.63) is 49.1 Å². The second kappa shape index (κ2) is 5.45. The Balaban J connectivity index is 2.00. The van der Waals surface area contributed by atoms with E-state index >= 15 is 0 Å². The van der Waals surface area contributed by atoms with Gasteiger partial charge < -0.3 is 10.4 Å². The summed E-state index contributed by atoms with van der Waals surface area (Å²) in [7, 11) is 0. The van der Waals surface area contributed by atoms with Gasteiger partial charge in [0.25, 0.3) is 5.91 Å². The summed E-state index contributed by atoms with van der Waals surface area (Å²) in [4.78, 5) is 25.0. The van der Waals surface area contributed by atoms with Crippen molar-refractivity contribution >= 4 is 56.2 Å². The average Bonchev–Trinajstić information content (AvgIpc) is 2.96. The molecule has 2 aromatic rings. The van der Waals surface area contributed by atoms with Crippen molar-refractivity contribution in [1.82, 2.24) is 0 Å². The fourth-order valence-electron chi connectivity index (χ4n) is 2.49. The molecule has 1 aromatic heterocycles. The van der Waals surface area contributed by atoms with E-state index in [-0.39, 0.29) is 12.2 Å². The lowest BCUT2D eigenvalue weighted by atomic mass is 9.89. The second-order valence-electron chi connectivity index (χ2n) is 5.19. The lowest BCUT2D eigenvalue weighted by Gasteiger charge is -2.20. The molecule has 1 aromatic carbocycles. The SMILES string of the molecule is Cc1cc(Br)c2c(c1)C(O)(CC(=O)c1ccc(Cl)s1)C(=O)N2. The highest BCUT2D eigenvalue weighted by Gasteiger charge is 2.47. The van der Waals surface area contributed by atoms with Crippen LogP contribution in [0.1, 0.15) is 27.2 Å². The minimum absolute atomic E-state index is 0.319. The second-order valence-corrected chi connectivity index (χ2v) is 7.76. The molecule has 1 aliphatic heterocycles. The smallest absolute Gasteiger partial charge is 0.261 e. The molecule has 1 aliphatic rings. The van der Waals surface area contributed by atoms with Crippen molar-refractivity contribution in [2.24, 2.45) is 0 Å². The molecule has 0 spiro atoms. The number of carbonyl (C=O) groups is 2. The fraction of sp³-hybridized carbons (Fsp3) is 0.200. The Morgan fingerprint density at radius 1 is 1.45 bits per heavy atom. The Morgan fingerprint density at radius 2 is 2.18 bits per heavy atom. The summed E-state index contributed by atoms with van der Waals surface area (Å²) in [5, 5.41) is 13.5. The van der Waals surface area contributed by atoms with Gasteiger partial charge in [-0.15, -0.1) is 11.3 Å². The molecular formula is C15H11BrClNO3S. The number of nitrogens with one attached hydrogen (secondary N) is 1. The van der Waals surface area contributed by atoms with Crippen LogP contribution in [0.3, 0.4) is 0 Å². The van der Waals surface area contributed by atoms with E-state index in [4.69, 9.17) is 11.6 Å². The maximum absolute atomic E-state index is 12.3. The van der Waals surface area contributed by atoms with Crippen LogP contribution in [0.5, 0.6) is 0 Å². The quantitative estimate of drug-likeness (QED) is 0.768. The minimum Gasteiger partial charge on any atom is -0.375 e. The number of ketones is 1. The van der Waals surface area contributed by atoms with Gasteiger partial charge in [-0.1, -0.05) is 17.7 Å². The van der Waals surface area contributed by atoms with Crippen LogP contribution < -0.4 is 5.32 Å². The molecule has 7 heteroatoms. The minimum atomic E-state index is -1.86. The summed E-state index contributed by atoms with van der Waals surface area (Å²) in [6, 6.07) is 6.77. The molecule has 2 heterocycles. The standard InChI is InChI=1S/C15H11BrClNO3S/c1-7-4-8-13(9(16)5-7)18-14(20)15(8,21)6-10(19)11-2-3-12(17)22-11/h2-5,21H,6H2,1H3,(H,18,20). The first-order valence-corrected chi connectivity index (χ1v) is 8.43. The largest absolute Gasteiger partial charge is 0.375 e. The Bertz CT molecular complexity index is 804. The van der Waals surface area contributed by atoms with Gasteiger partial charge in [-0.3, -0.25) is 9.59 Å². The zero-order chi connectivity index (χ0) is 16.1. The van der Waals surface area contributed by atoms with Crippen LogP contribution in [-0.2, 0) is 10.4 Å². The normalized spacial score (nSPS) is 19.9. The molecule has 0 fully saturated rings. The van der Waals surface area contributed by atoms with Gasteiger partial charge in [0, 0.05) is 10.0 Å². The highest BCUT2D eigenvalue weighted by Crippen LogP contribution is 2.43. The fourth-order valence-corrected chi connectivity index (χ4v) is 4.15. The zero-order valence-corrected chi connectivity index (χ0v) is 14.6. The summed E-state index contributed by atoms with van der Waals surface area (Å²) < 4.78 is 1.17. The van der Waals surface area contributed by atoms with Crippen molar-refractivity contribution in [3.63, 3.8) is 0 Å². The topological polar surface area (TPSA) is 66.4 Å². The highest BCUT2D eigenvalue weighted by atomic mass is 79.9. The van der Waals surface area contributed by atoms with Crippen molar-refractivity contribution < 1.29 is 14.7 Å². The van der Waals surface area contributed by atoms with Crippen LogP contribution in [0.15, 0.2) is 28.7 Å². The van der Waals surface area contributed by atoms with Gasteiger partial charge in [0.1, 0.15) is 0 Å². The number of Topliss-reactive ketones (excluding diaryl/α,β-unsaturated/α-hetero) is 1. The molecule has 3 rings (SSSR count). The number of anilines is 1. The third-order valence-electron chi connectivity index (χ3n) is 3.56. The number of aliphatic hydroxyl groups is 1. The average molecular weight is 401 g/mol. The number of fused-ring (bicyclic) bond motifs is 1. The predicted molar refractivity (Wildman–Crippen MR) is 89.7 cm³/mol. The Hall–Kier alpha value is -1.21. The van der Waals surface area contributed by atoms with Gasteiger partial charge in [-0.25, -0.2) is 0 Å². The van der Waals surface area contributed by atoms with E-state index in [1.165, 1.54) is 0 Å². The maximum atomic E-state index is 12.3. The van der Waals surface area contributed by atoms with Gasteiger partial charge in [0.2, 0.25) is 0 Å². The number of benzene rings is 1. The molecule has 0 aliphatic carbocycles. The number of hydrogen-bond acceptors (Lipinski definition) is 4. The molecular weight excluding hydrogens is 390 g/mol. The van der Waals surface area contributed by atoms with Gasteiger partial charge >= 0.3 is 0 Å². The van der Waals surface area contributed by atoms with Gasteiger partial charge in [-0.05, 0) is 46.6 Å². The number of aryl methyl sites for hydroxylation is 1. The molecule has 1 unspecified atom stereocenters. The molecule has 0 bridgehead atoms. The number of thiophene rings is 1. The van der Waals surface area contributed by atoms with E-state index in [1.54, 1.807) is 18.2 Å². The Labute approximate surface area is 144 Å². The summed E-state index contributed by atoms with van der Waals surface area (Å²) in [5.74, 6) is -0.912. The molecule has 0 saturated carbocycles. The zero-order valence-electron chi connectivity index (χ0n) is 11.4. The molecule has 0 saturated heterocycles. The van der Waals surface area contributed by atoms with E-state index in [2.05, 4.69) is 21.2 Å². The van der Waals surface area contributed by atoms with E-state index in [0.717, 1.165) is 16.9 Å². The number of carbonyl (C=O) groups excluding carboxylic acids is 2. The van der Waals surface area contributed by atoms with E-state index in [0.29, 0.717) is 24.9 Å². The molecule has 114 valence electrons. The van der Waals surface area contributed by atoms with Gasteiger partial charge in [0.15, 0.2) is 11.4 Å². The summed E-state index contributed by atoms with van der Waals surface area (Å²) in [6.07, 6.45) is -0.321. The monoisotopic (exact) mass is 399 g/mol. The number of rotatable bonds is 3. The van der Waals surface area contributed by atoms with E-state index in [9.17, 15) is 14.7 Å². The van der Waals surface area contributed by atoms with Gasteiger partial charge in [-0.2, -0.15) is 0 Å². The summed E-state index contributed by atoms with van der Waals surface area (Å²) in [5.41, 5.74) is -0.0557. The molecule has 1 amide bonds. The molecule has 22 heavy (non-hydrogen) atoms. The van der Waals surface area contributed by atoms with Crippen LogP contribution in [0.25, 0.3) is 0 Å². The first-order chi connectivity index (χ1) is 10.3. The van der Waals surface area contributed by atoms with Crippen molar-refractivity contribution in [3.8, 4) is 0 Å². The predicted octanol–water partition coefficient (Wildman–Crippen LogP) is 3.89. The van der Waals surface area contributed by atoms with Crippen LogP contribution in [0.4, 0.5) is 5.69 Å². The molecule has 2 N–H and O–H groups in total. The van der Waals surface area contributed by atoms with Crippen LogP contribution in [-0.4, -0.2) is 16.8 Å². The van der Waals surface area contributed by atoms with E-state index in [1.807, 2.05) is 13.0 Å². The third kappa shape index (κ3) is 2.50. The first kappa shape index (κ1) is 15.7. The van der Waals surface area contributed by atoms with Crippen LogP contribution in [0.2, 0.25) is 4.34 Å². The number of halogens is 2. The molecule has 4 nitrogen and oxygen atoms in total. The van der Waals surface area contributed by atoms with Crippen molar-refractivity contribution in [2.45, 2.75) is 18.9 Å². The Morgan fingerprint density at radius 3 is 2.82 bits per heavy atom. The number of amides is 1. The van der Waals surface area contributed by atoms with Crippen molar-refractivity contribution in [1.29, 1.82) is 0 Å². The maximum Gasteiger partial charge on any atom is 0.261 e. The van der Waals surface area contributed by atoms with Crippen LogP contribution in [0, 0.1) is 6.92 Å². The van der Waals surface area contributed by atoms with Crippen LogP contribution >= 0.6 is 38.9 Å². The first-order valence-electron chi connectivity index (χ1n) is 6.44. The van der Waals surface area contributed by atoms with Gasteiger partial charge in [0.05, 0.1) is 21.3 Å². The summed E-state index contributed by atoms with van der Waals surface area (Å²) in [6.45, 7) is 1.86. The lowest BCUT2D eigenvalue weighted by Crippen LogP contribution is -2.36. The van der Waals surface area contributed by atoms with E-state index < -0.39 is 11.5 Å². The molecule has 0 radical (unpaired) electrons. The molecule has 1 atom stereocenters. The highest BCUT2D eigenvalue weighted by molar-refractivity contribution is 9.10. The Kier molecular flexibility index (Phi) is 3.89.